The number of aryl methyl sites for hydroxylation is 1. The van der Waals surface area contributed by atoms with Gasteiger partial charge in [-0.25, -0.2) is 22.3 Å². The lowest BCUT2D eigenvalue weighted by Crippen LogP contribution is -2.39. The summed E-state index contributed by atoms with van der Waals surface area (Å²) < 4.78 is 45.3. The summed E-state index contributed by atoms with van der Waals surface area (Å²) in [7, 11) is -2.52. The van der Waals surface area contributed by atoms with Crippen LogP contribution in [0.4, 0.5) is 4.39 Å². The van der Waals surface area contributed by atoms with Crippen molar-refractivity contribution in [2.24, 2.45) is 0 Å². The predicted octanol–water partition coefficient (Wildman–Crippen LogP) is 1.54. The van der Waals surface area contributed by atoms with Crippen molar-refractivity contribution in [3.05, 3.63) is 29.1 Å². The van der Waals surface area contributed by atoms with Gasteiger partial charge < -0.3 is 9.84 Å². The van der Waals surface area contributed by atoms with Crippen molar-refractivity contribution in [3.8, 4) is 0 Å². The number of halogens is 1. The van der Waals surface area contributed by atoms with E-state index in [2.05, 4.69) is 4.72 Å². The lowest BCUT2D eigenvalue weighted by Gasteiger charge is -2.23. The molecule has 1 aromatic rings. The molecule has 0 atom stereocenters. The molecule has 118 valence electrons. The van der Waals surface area contributed by atoms with E-state index in [1.807, 2.05) is 0 Å². The number of benzene rings is 1. The number of hydrogen-bond acceptors (Lipinski definition) is 4. The second kappa shape index (κ2) is 6.08. The quantitative estimate of drug-likeness (QED) is 0.829. The van der Waals surface area contributed by atoms with Gasteiger partial charge in [0.25, 0.3) is 0 Å². The number of nitrogens with one attached hydrogen (secondary N) is 1. The number of carboxylic acid groups (broad SMARTS) is 1. The van der Waals surface area contributed by atoms with Crippen LogP contribution in [0.5, 0.6) is 0 Å². The van der Waals surface area contributed by atoms with Crippen LogP contribution in [0.3, 0.4) is 0 Å². The summed E-state index contributed by atoms with van der Waals surface area (Å²) in [6.07, 6.45) is 0. The zero-order valence-corrected chi connectivity index (χ0v) is 13.0. The molecule has 0 aliphatic heterocycles. The molecule has 0 aromatic heterocycles. The van der Waals surface area contributed by atoms with Crippen LogP contribution < -0.4 is 4.72 Å². The largest absolute Gasteiger partial charge is 0.478 e. The van der Waals surface area contributed by atoms with E-state index in [1.54, 1.807) is 13.8 Å². The first kappa shape index (κ1) is 17.5. The van der Waals surface area contributed by atoms with Crippen LogP contribution in [0.1, 0.15) is 29.8 Å². The molecule has 0 aliphatic rings. The minimum Gasteiger partial charge on any atom is -0.478 e. The smallest absolute Gasteiger partial charge is 0.338 e. The number of carboxylic acids is 1. The van der Waals surface area contributed by atoms with E-state index in [9.17, 15) is 17.6 Å². The van der Waals surface area contributed by atoms with E-state index >= 15 is 0 Å². The summed E-state index contributed by atoms with van der Waals surface area (Å²) in [5.41, 5.74) is -1.46. The second-order valence-corrected chi connectivity index (χ2v) is 6.96. The summed E-state index contributed by atoms with van der Waals surface area (Å²) in [4.78, 5) is 10.6. The maximum Gasteiger partial charge on any atom is 0.338 e. The van der Waals surface area contributed by atoms with Crippen molar-refractivity contribution < 1.29 is 27.4 Å². The molecule has 1 rings (SSSR count). The van der Waals surface area contributed by atoms with Crippen LogP contribution in [0.2, 0.25) is 0 Å². The Balaban J connectivity index is 3.18. The second-order valence-electron chi connectivity index (χ2n) is 5.20. The monoisotopic (exact) mass is 319 g/mol. The molecule has 0 unspecified atom stereocenters. The molecule has 0 fully saturated rings. The van der Waals surface area contributed by atoms with E-state index in [-0.39, 0.29) is 17.0 Å². The number of rotatable bonds is 6. The molecular weight excluding hydrogens is 301 g/mol. The number of sulfonamides is 1. The fourth-order valence-corrected chi connectivity index (χ4v) is 2.78. The SMILES string of the molecule is COC(C)(C)CNS(=O)(=O)c1cc(C)c(F)c(C(=O)O)c1. The standard InChI is InChI=1S/C13H18FNO5S/c1-8-5-9(6-10(11(8)14)12(16)17)21(18,19)15-7-13(2,3)20-4/h5-6,15H,7H2,1-4H3,(H,16,17). The topological polar surface area (TPSA) is 92.7 Å². The predicted molar refractivity (Wildman–Crippen MR) is 74.4 cm³/mol. The molecule has 0 saturated heterocycles. The van der Waals surface area contributed by atoms with E-state index in [0.29, 0.717) is 0 Å². The maximum absolute atomic E-state index is 13.6. The maximum atomic E-state index is 13.6. The van der Waals surface area contributed by atoms with Gasteiger partial charge in [-0.1, -0.05) is 0 Å². The molecule has 0 aliphatic carbocycles. The van der Waals surface area contributed by atoms with Gasteiger partial charge in [-0.3, -0.25) is 0 Å². The fourth-order valence-electron chi connectivity index (χ4n) is 1.47. The Hall–Kier alpha value is -1.51. The average molecular weight is 319 g/mol. The van der Waals surface area contributed by atoms with Gasteiger partial charge >= 0.3 is 5.97 Å². The number of hydrogen-bond donors (Lipinski definition) is 2. The minimum absolute atomic E-state index is 0.00926. The Bertz CT molecular complexity index is 655. The van der Waals surface area contributed by atoms with Gasteiger partial charge in [0.2, 0.25) is 10.0 Å². The van der Waals surface area contributed by atoms with Gasteiger partial charge in [-0.15, -0.1) is 0 Å². The van der Waals surface area contributed by atoms with Gasteiger partial charge in [0.05, 0.1) is 16.1 Å². The fraction of sp³-hybridized carbons (Fsp3) is 0.462. The molecule has 8 heteroatoms. The number of aromatic carboxylic acids is 1. The lowest BCUT2D eigenvalue weighted by atomic mass is 10.1. The van der Waals surface area contributed by atoms with Crippen LogP contribution in [-0.2, 0) is 14.8 Å². The molecule has 0 saturated carbocycles. The molecular formula is C13H18FNO5S. The van der Waals surface area contributed by atoms with Crippen LogP contribution in [-0.4, -0.2) is 38.7 Å². The minimum atomic E-state index is -3.96. The van der Waals surface area contributed by atoms with Crippen LogP contribution in [0.25, 0.3) is 0 Å². The third-order valence-electron chi connectivity index (χ3n) is 3.01. The highest BCUT2D eigenvalue weighted by Gasteiger charge is 2.24. The Morgan fingerprint density at radius 3 is 2.48 bits per heavy atom. The van der Waals surface area contributed by atoms with Crippen LogP contribution in [0, 0.1) is 12.7 Å². The van der Waals surface area contributed by atoms with Gasteiger partial charge in [0.1, 0.15) is 5.82 Å². The third kappa shape index (κ3) is 4.23. The Morgan fingerprint density at radius 1 is 1.43 bits per heavy atom. The molecule has 0 amide bonds. The van der Waals surface area contributed by atoms with Crippen molar-refractivity contribution in [3.63, 3.8) is 0 Å². The van der Waals surface area contributed by atoms with Crippen molar-refractivity contribution >= 4 is 16.0 Å². The van der Waals surface area contributed by atoms with Crippen LogP contribution >= 0.6 is 0 Å². The summed E-state index contributed by atoms with van der Waals surface area (Å²) >= 11 is 0. The van der Waals surface area contributed by atoms with Gasteiger partial charge in [-0.2, -0.15) is 0 Å². The molecule has 21 heavy (non-hydrogen) atoms. The van der Waals surface area contributed by atoms with E-state index in [1.165, 1.54) is 14.0 Å². The molecule has 0 spiro atoms. The average Bonchev–Trinajstić information content (AvgIpc) is 2.39. The first-order chi connectivity index (χ1) is 9.50. The molecule has 1 aromatic carbocycles. The Kier molecular flexibility index (Phi) is 5.08. The molecule has 0 heterocycles. The highest BCUT2D eigenvalue weighted by molar-refractivity contribution is 7.89. The highest BCUT2D eigenvalue weighted by Crippen LogP contribution is 2.20. The van der Waals surface area contributed by atoms with E-state index < -0.39 is 33.0 Å². The van der Waals surface area contributed by atoms with Crippen molar-refractivity contribution in [2.75, 3.05) is 13.7 Å². The van der Waals surface area contributed by atoms with Gasteiger partial charge in [0.15, 0.2) is 0 Å². The van der Waals surface area contributed by atoms with Crippen molar-refractivity contribution in [1.29, 1.82) is 0 Å². The van der Waals surface area contributed by atoms with Crippen molar-refractivity contribution in [2.45, 2.75) is 31.3 Å². The summed E-state index contributed by atoms with van der Waals surface area (Å²) in [5, 5.41) is 8.90. The normalized spacial score (nSPS) is 12.4. The van der Waals surface area contributed by atoms with Gasteiger partial charge in [0, 0.05) is 13.7 Å². The van der Waals surface area contributed by atoms with Gasteiger partial charge in [-0.05, 0) is 38.5 Å². The van der Waals surface area contributed by atoms with E-state index in [4.69, 9.17) is 9.84 Å². The Morgan fingerprint density at radius 2 is 2.00 bits per heavy atom. The summed E-state index contributed by atoms with van der Waals surface area (Å²) in [6, 6.07) is 1.89. The number of carbonyl (C=O) groups is 1. The first-order valence-electron chi connectivity index (χ1n) is 6.08. The van der Waals surface area contributed by atoms with Crippen LogP contribution in [0.15, 0.2) is 17.0 Å². The molecule has 0 bridgehead atoms. The van der Waals surface area contributed by atoms with Crippen molar-refractivity contribution in [1.82, 2.24) is 4.72 Å². The molecule has 6 nitrogen and oxygen atoms in total. The Labute approximate surface area is 123 Å². The number of ether oxygens (including phenoxy) is 1. The third-order valence-corrected chi connectivity index (χ3v) is 4.39. The van der Waals surface area contributed by atoms with E-state index in [0.717, 1.165) is 12.1 Å². The summed E-state index contributed by atoms with van der Waals surface area (Å²) in [6.45, 7) is 4.67. The number of methoxy groups -OCH3 is 1. The zero-order valence-electron chi connectivity index (χ0n) is 12.2. The molecule has 2 N–H and O–H groups in total. The highest BCUT2D eigenvalue weighted by atomic mass is 32.2. The zero-order chi connectivity index (χ0) is 16.4. The first-order valence-corrected chi connectivity index (χ1v) is 7.57. The lowest BCUT2D eigenvalue weighted by molar-refractivity contribution is 0.0276. The summed E-state index contributed by atoms with van der Waals surface area (Å²) in [5.74, 6) is -2.47. The molecule has 0 radical (unpaired) electrons.